The van der Waals surface area contributed by atoms with E-state index < -0.39 is 35.8 Å². The number of carbonyl (C=O) groups is 4. The van der Waals surface area contributed by atoms with Crippen LogP contribution in [0.5, 0.6) is 0 Å². The van der Waals surface area contributed by atoms with Crippen molar-refractivity contribution in [3.8, 4) is 0 Å². The van der Waals surface area contributed by atoms with E-state index in [0.717, 1.165) is 51.4 Å². The van der Waals surface area contributed by atoms with Gasteiger partial charge in [-0.3, -0.25) is 9.59 Å². The highest BCUT2D eigenvalue weighted by Crippen LogP contribution is 2.01. The van der Waals surface area contributed by atoms with Crippen LogP contribution in [0.2, 0.25) is 0 Å². The summed E-state index contributed by atoms with van der Waals surface area (Å²) in [5.74, 6) is -3.20. The first-order valence-electron chi connectivity index (χ1n) is 10.3. The van der Waals surface area contributed by atoms with Gasteiger partial charge in [-0.2, -0.15) is 0 Å². The van der Waals surface area contributed by atoms with E-state index in [1.165, 1.54) is 13.8 Å². The molecule has 0 fully saturated rings. The summed E-state index contributed by atoms with van der Waals surface area (Å²) in [5, 5.41) is 4.53. The lowest BCUT2D eigenvalue weighted by molar-refractivity contribution is -0.151. The molecule has 0 unspecified atom stereocenters. The Balaban J connectivity index is 4.12. The summed E-state index contributed by atoms with van der Waals surface area (Å²) in [6.07, 6.45) is 7.78. The highest BCUT2D eigenvalue weighted by Gasteiger charge is 2.25. The van der Waals surface area contributed by atoms with Gasteiger partial charge in [0.15, 0.2) is 0 Å². The molecular formula is C20H36N2O6. The first-order chi connectivity index (χ1) is 13.3. The minimum Gasteiger partial charge on any atom is -0.464 e. The number of unbranched alkanes of at least 4 members (excludes halogenated alkanes) is 6. The number of ether oxygens (including phenoxy) is 2. The summed E-state index contributed by atoms with van der Waals surface area (Å²) < 4.78 is 10.1. The molecule has 0 bridgehead atoms. The molecule has 28 heavy (non-hydrogen) atoms. The molecule has 2 atom stereocenters. The van der Waals surface area contributed by atoms with Crippen LogP contribution in [0, 0.1) is 0 Å². The molecule has 0 radical (unpaired) electrons. The van der Waals surface area contributed by atoms with Crippen LogP contribution in [-0.4, -0.2) is 49.1 Å². The predicted octanol–water partition coefficient (Wildman–Crippen LogP) is 2.24. The molecule has 0 rings (SSSR count). The molecule has 0 saturated heterocycles. The number of rotatable bonds is 14. The molecular weight excluding hydrogens is 364 g/mol. The van der Waals surface area contributed by atoms with Gasteiger partial charge in [0.25, 0.3) is 0 Å². The lowest BCUT2D eigenvalue weighted by Gasteiger charge is -2.15. The van der Waals surface area contributed by atoms with E-state index in [-0.39, 0.29) is 13.2 Å². The average molecular weight is 401 g/mol. The molecule has 0 aliphatic heterocycles. The highest BCUT2D eigenvalue weighted by molar-refractivity contribution is 6.35. The Kier molecular flexibility index (Phi) is 14.7. The summed E-state index contributed by atoms with van der Waals surface area (Å²) in [7, 11) is 0. The number of amides is 2. The largest absolute Gasteiger partial charge is 0.464 e. The van der Waals surface area contributed by atoms with E-state index in [1.807, 2.05) is 0 Å². The van der Waals surface area contributed by atoms with Gasteiger partial charge >= 0.3 is 23.8 Å². The third kappa shape index (κ3) is 12.3. The SMILES string of the molecule is CCCCCCOC(=O)[C@H](C)NC(=O)C(=O)N[C@@H](C)C(=O)OCCCCCC. The zero-order valence-corrected chi connectivity index (χ0v) is 17.7. The second kappa shape index (κ2) is 15.9. The van der Waals surface area contributed by atoms with E-state index in [1.54, 1.807) is 0 Å². The number of hydrogen-bond donors (Lipinski definition) is 2. The Hall–Kier alpha value is -2.12. The summed E-state index contributed by atoms with van der Waals surface area (Å²) in [6, 6.07) is -1.91. The molecule has 8 heteroatoms. The monoisotopic (exact) mass is 400 g/mol. The highest BCUT2D eigenvalue weighted by atomic mass is 16.5. The third-order valence-corrected chi connectivity index (χ3v) is 4.09. The third-order valence-electron chi connectivity index (χ3n) is 4.09. The van der Waals surface area contributed by atoms with Crippen molar-refractivity contribution in [3.63, 3.8) is 0 Å². The molecule has 0 aromatic carbocycles. The predicted molar refractivity (Wildman–Crippen MR) is 105 cm³/mol. The molecule has 0 aliphatic rings. The van der Waals surface area contributed by atoms with E-state index >= 15 is 0 Å². The Morgan fingerprint density at radius 2 is 1.00 bits per heavy atom. The Bertz CT molecular complexity index is 451. The van der Waals surface area contributed by atoms with Gasteiger partial charge in [-0.05, 0) is 26.7 Å². The van der Waals surface area contributed by atoms with Gasteiger partial charge in [-0.25, -0.2) is 9.59 Å². The van der Waals surface area contributed by atoms with Gasteiger partial charge in [-0.15, -0.1) is 0 Å². The minimum absolute atomic E-state index is 0.284. The van der Waals surface area contributed by atoms with E-state index in [0.29, 0.717) is 0 Å². The molecule has 2 N–H and O–H groups in total. The second-order valence-electron chi connectivity index (χ2n) is 6.85. The Morgan fingerprint density at radius 3 is 1.32 bits per heavy atom. The van der Waals surface area contributed by atoms with Crippen molar-refractivity contribution in [1.82, 2.24) is 10.6 Å². The van der Waals surface area contributed by atoms with Gasteiger partial charge in [-0.1, -0.05) is 52.4 Å². The van der Waals surface area contributed by atoms with E-state index in [9.17, 15) is 19.2 Å². The quantitative estimate of drug-likeness (QED) is 0.263. The molecule has 0 aromatic heterocycles. The molecule has 162 valence electrons. The summed E-state index contributed by atoms with van der Waals surface area (Å²) in [4.78, 5) is 47.4. The summed E-state index contributed by atoms with van der Waals surface area (Å²) in [5.41, 5.74) is 0. The maximum atomic E-state index is 11.9. The van der Waals surface area contributed by atoms with Gasteiger partial charge in [0.2, 0.25) is 0 Å². The van der Waals surface area contributed by atoms with E-state index in [4.69, 9.17) is 9.47 Å². The van der Waals surface area contributed by atoms with Crippen molar-refractivity contribution in [2.45, 2.75) is 91.1 Å². The van der Waals surface area contributed by atoms with Crippen molar-refractivity contribution in [3.05, 3.63) is 0 Å². The fraction of sp³-hybridized carbons (Fsp3) is 0.800. The van der Waals surface area contributed by atoms with Crippen molar-refractivity contribution in [2.75, 3.05) is 13.2 Å². The molecule has 2 amide bonds. The molecule has 8 nitrogen and oxygen atoms in total. The van der Waals surface area contributed by atoms with E-state index in [2.05, 4.69) is 24.5 Å². The lowest BCUT2D eigenvalue weighted by atomic mass is 10.2. The zero-order valence-electron chi connectivity index (χ0n) is 17.7. The standard InChI is InChI=1S/C20H36N2O6/c1-5-7-9-11-13-27-19(25)15(3)21-17(23)18(24)22-16(4)20(26)28-14-12-10-8-6-2/h15-16H,5-14H2,1-4H3,(H,21,23)(H,22,24)/t15-,16-/m0/s1. The van der Waals surface area contributed by atoms with Crippen molar-refractivity contribution < 1.29 is 28.7 Å². The fourth-order valence-corrected chi connectivity index (χ4v) is 2.30. The van der Waals surface area contributed by atoms with Gasteiger partial charge in [0.05, 0.1) is 13.2 Å². The van der Waals surface area contributed by atoms with Crippen molar-refractivity contribution in [1.29, 1.82) is 0 Å². The second-order valence-corrected chi connectivity index (χ2v) is 6.85. The average Bonchev–Trinajstić information content (AvgIpc) is 2.66. The van der Waals surface area contributed by atoms with Crippen LogP contribution in [-0.2, 0) is 28.7 Å². The fourth-order valence-electron chi connectivity index (χ4n) is 2.30. The molecule has 0 aromatic rings. The topological polar surface area (TPSA) is 111 Å². The summed E-state index contributed by atoms with van der Waals surface area (Å²) in [6.45, 7) is 7.62. The first-order valence-corrected chi connectivity index (χ1v) is 10.3. The molecule has 0 aliphatic carbocycles. The van der Waals surface area contributed by atoms with Crippen LogP contribution in [0.4, 0.5) is 0 Å². The van der Waals surface area contributed by atoms with Gasteiger partial charge in [0.1, 0.15) is 12.1 Å². The van der Waals surface area contributed by atoms with Crippen LogP contribution < -0.4 is 10.6 Å². The van der Waals surface area contributed by atoms with Crippen molar-refractivity contribution >= 4 is 23.8 Å². The van der Waals surface area contributed by atoms with Gasteiger partial charge in [0, 0.05) is 0 Å². The van der Waals surface area contributed by atoms with Crippen LogP contribution in [0.3, 0.4) is 0 Å². The smallest absolute Gasteiger partial charge is 0.328 e. The molecule has 0 heterocycles. The Labute approximate surface area is 168 Å². The first kappa shape index (κ1) is 25.9. The minimum atomic E-state index is -1.00. The number of nitrogens with one attached hydrogen (secondary N) is 2. The van der Waals surface area contributed by atoms with Gasteiger partial charge < -0.3 is 20.1 Å². The lowest BCUT2D eigenvalue weighted by Crippen LogP contribution is -2.50. The van der Waals surface area contributed by atoms with Crippen molar-refractivity contribution in [2.24, 2.45) is 0 Å². The zero-order chi connectivity index (χ0) is 21.4. The normalized spacial score (nSPS) is 12.6. The maximum absolute atomic E-state index is 11.9. The maximum Gasteiger partial charge on any atom is 0.328 e. The van der Waals surface area contributed by atoms with Crippen LogP contribution in [0.25, 0.3) is 0 Å². The Morgan fingerprint density at radius 1 is 0.643 bits per heavy atom. The van der Waals surface area contributed by atoms with Crippen LogP contribution in [0.1, 0.15) is 79.1 Å². The number of carbonyl (C=O) groups excluding carboxylic acids is 4. The number of hydrogen-bond acceptors (Lipinski definition) is 6. The van der Waals surface area contributed by atoms with Crippen LogP contribution in [0.15, 0.2) is 0 Å². The number of esters is 2. The summed E-state index contributed by atoms with van der Waals surface area (Å²) >= 11 is 0. The molecule has 0 saturated carbocycles. The molecule has 0 spiro atoms. The van der Waals surface area contributed by atoms with Crippen LogP contribution >= 0.6 is 0 Å².